The number of aryl methyl sites for hydroxylation is 2. The molecule has 0 aliphatic heterocycles. The molecule has 1 aromatic rings. The van der Waals surface area contributed by atoms with Gasteiger partial charge in [0.25, 0.3) is 0 Å². The summed E-state index contributed by atoms with van der Waals surface area (Å²) >= 11 is 1.71. The predicted molar refractivity (Wildman–Crippen MR) is 85.0 cm³/mol. The zero-order chi connectivity index (χ0) is 13.5. The summed E-state index contributed by atoms with van der Waals surface area (Å²) < 4.78 is 0. The number of nitrogens with zero attached hydrogens (tertiary/aromatic N) is 1. The van der Waals surface area contributed by atoms with Crippen LogP contribution in [-0.2, 0) is 12.8 Å². The summed E-state index contributed by atoms with van der Waals surface area (Å²) in [5, 5.41) is 0. The van der Waals surface area contributed by atoms with Crippen LogP contribution in [0.3, 0.4) is 0 Å². The number of benzene rings is 1. The molecule has 0 radical (unpaired) electrons. The van der Waals surface area contributed by atoms with Crippen molar-refractivity contribution in [1.29, 1.82) is 0 Å². The van der Waals surface area contributed by atoms with E-state index in [1.165, 1.54) is 21.6 Å². The van der Waals surface area contributed by atoms with E-state index >= 15 is 0 Å². The molecule has 0 heterocycles. The Labute approximate surface area is 115 Å². The van der Waals surface area contributed by atoms with Crippen LogP contribution in [0.4, 0.5) is 5.69 Å². The van der Waals surface area contributed by atoms with Crippen molar-refractivity contribution in [3.63, 3.8) is 0 Å². The number of para-hydroxylation sites is 1. The largest absolute Gasteiger partial charge is 0.249 e. The van der Waals surface area contributed by atoms with Crippen LogP contribution in [0.5, 0.6) is 0 Å². The van der Waals surface area contributed by atoms with E-state index in [4.69, 9.17) is 0 Å². The maximum atomic E-state index is 4.67. The van der Waals surface area contributed by atoms with Gasteiger partial charge in [-0.15, -0.1) is 0 Å². The summed E-state index contributed by atoms with van der Waals surface area (Å²) in [5.41, 5.74) is 7.15. The molecule has 2 heteroatoms. The molecule has 98 valence electrons. The van der Waals surface area contributed by atoms with Gasteiger partial charge in [0.15, 0.2) is 0 Å². The van der Waals surface area contributed by atoms with Crippen molar-refractivity contribution in [2.75, 3.05) is 0 Å². The van der Waals surface area contributed by atoms with Gasteiger partial charge < -0.3 is 0 Å². The van der Waals surface area contributed by atoms with E-state index in [-0.39, 0.29) is 0 Å². The number of hydrogen-bond acceptors (Lipinski definition) is 2. The minimum atomic E-state index is 1.03. The van der Waals surface area contributed by atoms with Gasteiger partial charge >= 0.3 is 0 Å². The fourth-order valence-corrected chi connectivity index (χ4v) is 2.21. The molecule has 0 spiro atoms. The minimum absolute atomic E-state index is 1.03. The first kappa shape index (κ1) is 15.0. The number of rotatable bonds is 5. The molecular formula is C16H23NS. The zero-order valence-electron chi connectivity index (χ0n) is 12.1. The molecule has 0 aliphatic rings. The van der Waals surface area contributed by atoms with Crippen LogP contribution in [0, 0.1) is 0 Å². The highest BCUT2D eigenvalue weighted by atomic mass is 32.2. The van der Waals surface area contributed by atoms with Crippen molar-refractivity contribution < 1.29 is 0 Å². The maximum Gasteiger partial charge on any atom is 0.0699 e. The second-order valence-corrected chi connectivity index (χ2v) is 5.60. The van der Waals surface area contributed by atoms with Crippen molar-refractivity contribution in [2.45, 2.75) is 47.5 Å². The lowest BCUT2D eigenvalue weighted by molar-refractivity contribution is 1.08. The topological polar surface area (TPSA) is 12.4 Å². The summed E-state index contributed by atoms with van der Waals surface area (Å²) in [6, 6.07) is 6.47. The quantitative estimate of drug-likeness (QED) is 0.502. The smallest absolute Gasteiger partial charge is 0.0699 e. The second kappa shape index (κ2) is 7.42. The normalized spacial score (nSPS) is 10.9. The maximum absolute atomic E-state index is 4.67. The van der Waals surface area contributed by atoms with Crippen molar-refractivity contribution in [3.05, 3.63) is 39.8 Å². The van der Waals surface area contributed by atoms with Crippen LogP contribution in [-0.4, -0.2) is 5.55 Å². The lowest BCUT2D eigenvalue weighted by atomic mass is 10.0. The fourth-order valence-electron chi connectivity index (χ4n) is 1.66. The Kier molecular flexibility index (Phi) is 6.20. The third kappa shape index (κ3) is 4.02. The van der Waals surface area contributed by atoms with Crippen molar-refractivity contribution in [2.24, 2.45) is 4.99 Å². The Morgan fingerprint density at radius 2 is 1.67 bits per heavy atom. The summed E-state index contributed by atoms with van der Waals surface area (Å²) in [5.74, 6) is 0. The highest BCUT2D eigenvalue weighted by Gasteiger charge is 2.03. The average Bonchev–Trinajstić information content (AvgIpc) is 2.38. The van der Waals surface area contributed by atoms with Crippen molar-refractivity contribution >= 4 is 23.0 Å². The zero-order valence-corrected chi connectivity index (χ0v) is 12.9. The Morgan fingerprint density at radius 3 is 2.11 bits per heavy atom. The molecule has 0 N–H and O–H groups in total. The van der Waals surface area contributed by atoms with Crippen LogP contribution in [0.2, 0.25) is 0 Å². The van der Waals surface area contributed by atoms with Crippen LogP contribution < -0.4 is 0 Å². The lowest BCUT2D eigenvalue weighted by Gasteiger charge is -2.08. The highest BCUT2D eigenvalue weighted by molar-refractivity contribution is 8.15. The Hall–Kier alpha value is -1.02. The van der Waals surface area contributed by atoms with E-state index in [1.54, 1.807) is 11.8 Å². The Morgan fingerprint density at radius 1 is 1.11 bits per heavy atom. The molecule has 0 aromatic heterocycles. The minimum Gasteiger partial charge on any atom is -0.249 e. The van der Waals surface area contributed by atoms with E-state index < -0.39 is 0 Å². The SMILES string of the molecule is CCc1cccc(CC)c1N=CSC(C)=C(C)C. The molecule has 0 saturated carbocycles. The molecule has 0 unspecified atom stereocenters. The van der Waals surface area contributed by atoms with E-state index in [0.717, 1.165) is 18.5 Å². The van der Waals surface area contributed by atoms with Crippen LogP contribution in [0.25, 0.3) is 0 Å². The first-order valence-electron chi connectivity index (χ1n) is 6.54. The first-order valence-corrected chi connectivity index (χ1v) is 7.42. The fraction of sp³-hybridized carbons (Fsp3) is 0.438. The van der Waals surface area contributed by atoms with E-state index in [1.807, 2.05) is 5.55 Å². The van der Waals surface area contributed by atoms with Gasteiger partial charge in [0, 0.05) is 0 Å². The number of thioether (sulfide) groups is 1. The van der Waals surface area contributed by atoms with Crippen LogP contribution in [0.15, 0.2) is 33.7 Å². The van der Waals surface area contributed by atoms with Crippen molar-refractivity contribution in [3.8, 4) is 0 Å². The van der Waals surface area contributed by atoms with Gasteiger partial charge in [-0.3, -0.25) is 0 Å². The summed E-state index contributed by atoms with van der Waals surface area (Å²) in [4.78, 5) is 6.00. The monoisotopic (exact) mass is 261 g/mol. The molecule has 1 nitrogen and oxygen atoms in total. The Bertz CT molecular complexity index is 432. The van der Waals surface area contributed by atoms with Crippen molar-refractivity contribution in [1.82, 2.24) is 0 Å². The van der Waals surface area contributed by atoms with E-state index in [9.17, 15) is 0 Å². The molecular weight excluding hydrogens is 238 g/mol. The molecule has 0 amide bonds. The predicted octanol–water partition coefficient (Wildman–Crippen LogP) is 5.52. The van der Waals surface area contributed by atoms with Crippen LogP contribution >= 0.6 is 11.8 Å². The molecule has 0 fully saturated rings. The lowest BCUT2D eigenvalue weighted by Crippen LogP contribution is -1.88. The summed E-state index contributed by atoms with van der Waals surface area (Å²) in [6.07, 6.45) is 2.07. The molecule has 0 bridgehead atoms. The third-order valence-electron chi connectivity index (χ3n) is 3.08. The molecule has 1 rings (SSSR count). The van der Waals surface area contributed by atoms with Gasteiger partial charge in [0.1, 0.15) is 0 Å². The Balaban J connectivity index is 2.96. The van der Waals surface area contributed by atoms with Gasteiger partial charge in [-0.05, 0) is 49.6 Å². The second-order valence-electron chi connectivity index (χ2n) is 4.54. The summed E-state index contributed by atoms with van der Waals surface area (Å²) in [6.45, 7) is 10.8. The van der Waals surface area contributed by atoms with Gasteiger partial charge in [-0.1, -0.05) is 49.4 Å². The van der Waals surface area contributed by atoms with Gasteiger partial charge in [0.05, 0.1) is 11.2 Å². The van der Waals surface area contributed by atoms with Gasteiger partial charge in [-0.25, -0.2) is 4.99 Å². The number of allylic oxidation sites excluding steroid dienone is 2. The number of hydrogen-bond donors (Lipinski definition) is 0. The van der Waals surface area contributed by atoms with E-state index in [2.05, 4.69) is 57.8 Å². The molecule has 0 aliphatic carbocycles. The van der Waals surface area contributed by atoms with E-state index in [0.29, 0.717) is 0 Å². The van der Waals surface area contributed by atoms with Gasteiger partial charge in [0.2, 0.25) is 0 Å². The standard InChI is InChI=1S/C16H23NS/c1-6-14-9-8-10-15(7-2)16(14)17-11-18-13(5)12(3)4/h8-11H,6-7H2,1-5H3. The first-order chi connectivity index (χ1) is 8.60. The molecule has 0 saturated heterocycles. The van der Waals surface area contributed by atoms with Gasteiger partial charge in [-0.2, -0.15) is 0 Å². The molecule has 18 heavy (non-hydrogen) atoms. The summed E-state index contributed by atoms with van der Waals surface area (Å²) in [7, 11) is 0. The molecule has 0 atom stereocenters. The highest BCUT2D eigenvalue weighted by Crippen LogP contribution is 2.27. The third-order valence-corrected chi connectivity index (χ3v) is 4.05. The van der Waals surface area contributed by atoms with Crippen LogP contribution in [0.1, 0.15) is 45.7 Å². The molecule has 1 aromatic carbocycles. The average molecular weight is 261 g/mol. The number of aliphatic imine (C=N–C) groups is 1.